The standard InChI is InChI=1S/C25H29N3O2/c1-17-7-5-6-8-24(17)28-19(3)23(18(2)26-28)15-27(4)25(29)21-11-13-22(14-12-21)30-16-20-9-10-20/h5-8,11-14,20H,9-10,15-16H2,1-4H3. The minimum atomic E-state index is -0.00816. The van der Waals surface area contributed by atoms with Gasteiger partial charge in [-0.3, -0.25) is 4.79 Å². The minimum absolute atomic E-state index is 0.00816. The van der Waals surface area contributed by atoms with Crippen LogP contribution in [0.25, 0.3) is 5.69 Å². The molecule has 1 aliphatic carbocycles. The van der Waals surface area contributed by atoms with Crippen molar-refractivity contribution in [3.05, 3.63) is 76.6 Å². The number of ether oxygens (including phenoxy) is 1. The van der Waals surface area contributed by atoms with Crippen LogP contribution in [0.5, 0.6) is 5.75 Å². The van der Waals surface area contributed by atoms with Crippen LogP contribution in [0.1, 0.15) is 45.7 Å². The van der Waals surface area contributed by atoms with Crippen LogP contribution >= 0.6 is 0 Å². The van der Waals surface area contributed by atoms with E-state index in [1.165, 1.54) is 18.4 Å². The molecular formula is C25H29N3O2. The van der Waals surface area contributed by atoms with E-state index in [4.69, 9.17) is 9.84 Å². The van der Waals surface area contributed by atoms with Gasteiger partial charge in [0.15, 0.2) is 0 Å². The summed E-state index contributed by atoms with van der Waals surface area (Å²) in [6.45, 7) is 7.44. The average Bonchev–Trinajstić information content (AvgIpc) is 3.54. The summed E-state index contributed by atoms with van der Waals surface area (Å²) >= 11 is 0. The van der Waals surface area contributed by atoms with Crippen molar-refractivity contribution in [2.24, 2.45) is 5.92 Å². The minimum Gasteiger partial charge on any atom is -0.493 e. The normalized spacial score (nSPS) is 13.3. The van der Waals surface area contributed by atoms with Gasteiger partial charge in [0.2, 0.25) is 0 Å². The van der Waals surface area contributed by atoms with Crippen molar-refractivity contribution in [2.45, 2.75) is 40.2 Å². The number of para-hydroxylation sites is 1. The highest BCUT2D eigenvalue weighted by Gasteiger charge is 2.22. The predicted molar refractivity (Wildman–Crippen MR) is 118 cm³/mol. The summed E-state index contributed by atoms with van der Waals surface area (Å²) < 4.78 is 7.75. The van der Waals surface area contributed by atoms with Crippen molar-refractivity contribution in [2.75, 3.05) is 13.7 Å². The van der Waals surface area contributed by atoms with E-state index in [1.807, 2.05) is 55.1 Å². The third-order valence-electron chi connectivity index (χ3n) is 5.81. The fraction of sp³-hybridized carbons (Fsp3) is 0.360. The largest absolute Gasteiger partial charge is 0.493 e. The Balaban J connectivity index is 1.47. The fourth-order valence-corrected chi connectivity index (χ4v) is 3.66. The number of aryl methyl sites for hydroxylation is 2. The van der Waals surface area contributed by atoms with Crippen molar-refractivity contribution < 1.29 is 9.53 Å². The van der Waals surface area contributed by atoms with Gasteiger partial charge in [0.25, 0.3) is 5.91 Å². The van der Waals surface area contributed by atoms with E-state index in [1.54, 1.807) is 4.90 Å². The number of hydrogen-bond donors (Lipinski definition) is 0. The molecule has 156 valence electrons. The van der Waals surface area contributed by atoms with Crippen molar-refractivity contribution in [1.82, 2.24) is 14.7 Å². The van der Waals surface area contributed by atoms with E-state index in [9.17, 15) is 4.79 Å². The first-order valence-electron chi connectivity index (χ1n) is 10.5. The van der Waals surface area contributed by atoms with Crippen LogP contribution in [0.2, 0.25) is 0 Å². The maximum absolute atomic E-state index is 12.9. The Morgan fingerprint density at radius 1 is 1.10 bits per heavy atom. The summed E-state index contributed by atoms with van der Waals surface area (Å²) in [5, 5.41) is 4.74. The highest BCUT2D eigenvalue weighted by Crippen LogP contribution is 2.29. The number of rotatable bonds is 7. The summed E-state index contributed by atoms with van der Waals surface area (Å²) in [6.07, 6.45) is 2.53. The summed E-state index contributed by atoms with van der Waals surface area (Å²) in [6, 6.07) is 15.7. The molecule has 1 aromatic heterocycles. The molecule has 4 rings (SSSR count). The second kappa shape index (κ2) is 8.34. The van der Waals surface area contributed by atoms with Crippen LogP contribution in [0.15, 0.2) is 48.5 Å². The van der Waals surface area contributed by atoms with E-state index in [0.29, 0.717) is 18.0 Å². The van der Waals surface area contributed by atoms with Crippen LogP contribution in [0.4, 0.5) is 0 Å². The first-order chi connectivity index (χ1) is 14.4. The summed E-state index contributed by atoms with van der Waals surface area (Å²) in [7, 11) is 1.84. The van der Waals surface area contributed by atoms with Crippen LogP contribution in [0.3, 0.4) is 0 Å². The van der Waals surface area contributed by atoms with E-state index in [-0.39, 0.29) is 5.91 Å². The molecule has 0 aliphatic heterocycles. The summed E-state index contributed by atoms with van der Waals surface area (Å²) in [4.78, 5) is 14.7. The van der Waals surface area contributed by atoms with Gasteiger partial charge in [0.05, 0.1) is 18.0 Å². The molecule has 0 saturated heterocycles. The van der Waals surface area contributed by atoms with Gasteiger partial charge in [-0.05, 0) is 75.4 Å². The molecule has 1 amide bonds. The van der Waals surface area contributed by atoms with Crippen LogP contribution in [-0.4, -0.2) is 34.2 Å². The van der Waals surface area contributed by atoms with Gasteiger partial charge in [-0.2, -0.15) is 5.10 Å². The van der Waals surface area contributed by atoms with Crippen molar-refractivity contribution >= 4 is 5.91 Å². The molecule has 1 saturated carbocycles. The van der Waals surface area contributed by atoms with Gasteiger partial charge in [0, 0.05) is 30.4 Å². The molecule has 0 spiro atoms. The van der Waals surface area contributed by atoms with E-state index < -0.39 is 0 Å². The molecule has 1 heterocycles. The van der Waals surface area contributed by atoms with Gasteiger partial charge >= 0.3 is 0 Å². The van der Waals surface area contributed by atoms with Gasteiger partial charge in [-0.1, -0.05) is 18.2 Å². The second-order valence-electron chi connectivity index (χ2n) is 8.29. The SMILES string of the molecule is Cc1ccccc1-n1nc(C)c(CN(C)C(=O)c2ccc(OCC3CC3)cc2)c1C. The third-order valence-corrected chi connectivity index (χ3v) is 5.81. The Morgan fingerprint density at radius 3 is 2.47 bits per heavy atom. The van der Waals surface area contributed by atoms with Gasteiger partial charge in [0.1, 0.15) is 5.75 Å². The Bertz CT molecular complexity index is 1050. The molecule has 1 fully saturated rings. The first kappa shape index (κ1) is 20.2. The summed E-state index contributed by atoms with van der Waals surface area (Å²) in [5.74, 6) is 1.53. The summed E-state index contributed by atoms with van der Waals surface area (Å²) in [5.41, 5.74) is 5.99. The van der Waals surface area contributed by atoms with Crippen LogP contribution < -0.4 is 4.74 Å². The predicted octanol–water partition coefficient (Wildman–Crippen LogP) is 4.86. The average molecular weight is 404 g/mol. The molecule has 5 nitrogen and oxygen atoms in total. The van der Waals surface area contributed by atoms with E-state index in [0.717, 1.165) is 35.0 Å². The molecule has 0 atom stereocenters. The lowest BCUT2D eigenvalue weighted by Crippen LogP contribution is -2.26. The second-order valence-corrected chi connectivity index (χ2v) is 8.29. The lowest BCUT2D eigenvalue weighted by Gasteiger charge is -2.18. The molecule has 2 aromatic carbocycles. The Labute approximate surface area is 178 Å². The van der Waals surface area contributed by atoms with Crippen LogP contribution in [0, 0.1) is 26.7 Å². The van der Waals surface area contributed by atoms with Gasteiger partial charge in [-0.15, -0.1) is 0 Å². The molecule has 0 bridgehead atoms. The van der Waals surface area contributed by atoms with Crippen molar-refractivity contribution in [1.29, 1.82) is 0 Å². The lowest BCUT2D eigenvalue weighted by atomic mass is 10.1. The molecule has 0 unspecified atom stereocenters. The first-order valence-corrected chi connectivity index (χ1v) is 10.5. The Kier molecular flexibility index (Phi) is 5.62. The highest BCUT2D eigenvalue weighted by molar-refractivity contribution is 5.94. The topological polar surface area (TPSA) is 47.4 Å². The number of carbonyl (C=O) groups is 1. The molecule has 1 aliphatic rings. The third kappa shape index (κ3) is 4.25. The van der Waals surface area contributed by atoms with E-state index >= 15 is 0 Å². The number of nitrogens with zero attached hydrogens (tertiary/aromatic N) is 3. The van der Waals surface area contributed by atoms with Crippen LogP contribution in [-0.2, 0) is 6.54 Å². The highest BCUT2D eigenvalue weighted by atomic mass is 16.5. The van der Waals surface area contributed by atoms with Gasteiger partial charge in [-0.25, -0.2) is 4.68 Å². The number of amides is 1. The molecule has 0 N–H and O–H groups in total. The smallest absolute Gasteiger partial charge is 0.253 e. The molecule has 3 aromatic rings. The number of aromatic nitrogens is 2. The Morgan fingerprint density at radius 2 is 1.80 bits per heavy atom. The zero-order valence-electron chi connectivity index (χ0n) is 18.2. The molecule has 0 radical (unpaired) electrons. The molecule has 30 heavy (non-hydrogen) atoms. The van der Waals surface area contributed by atoms with E-state index in [2.05, 4.69) is 26.0 Å². The van der Waals surface area contributed by atoms with Crippen molar-refractivity contribution in [3.8, 4) is 11.4 Å². The van der Waals surface area contributed by atoms with Crippen molar-refractivity contribution in [3.63, 3.8) is 0 Å². The zero-order valence-corrected chi connectivity index (χ0v) is 18.2. The lowest BCUT2D eigenvalue weighted by molar-refractivity contribution is 0.0784. The maximum atomic E-state index is 12.9. The molecular weight excluding hydrogens is 374 g/mol. The van der Waals surface area contributed by atoms with Gasteiger partial charge < -0.3 is 9.64 Å². The number of benzene rings is 2. The number of hydrogen-bond acceptors (Lipinski definition) is 3. The quantitative estimate of drug-likeness (QED) is 0.566. The maximum Gasteiger partial charge on any atom is 0.253 e. The fourth-order valence-electron chi connectivity index (χ4n) is 3.66. The molecule has 5 heteroatoms. The Hall–Kier alpha value is -3.08. The monoisotopic (exact) mass is 403 g/mol. The zero-order chi connectivity index (χ0) is 21.3. The number of carbonyl (C=O) groups excluding carboxylic acids is 1.